The number of pyridine rings is 1. The Labute approximate surface area is 143 Å². The lowest BCUT2D eigenvalue weighted by Gasteiger charge is -2.06. The zero-order valence-corrected chi connectivity index (χ0v) is 13.6. The summed E-state index contributed by atoms with van der Waals surface area (Å²) in [6.07, 6.45) is 2.44. The molecule has 0 aliphatic carbocycles. The van der Waals surface area contributed by atoms with E-state index in [4.69, 9.17) is 11.0 Å². The van der Waals surface area contributed by atoms with Gasteiger partial charge >= 0.3 is 0 Å². The highest BCUT2D eigenvalue weighted by atomic mass is 19.1. The summed E-state index contributed by atoms with van der Waals surface area (Å²) in [6.45, 7) is 2.45. The lowest BCUT2D eigenvalue weighted by atomic mass is 10.0. The summed E-state index contributed by atoms with van der Waals surface area (Å²) in [5, 5.41) is 11.8. The van der Waals surface area contributed by atoms with Crippen molar-refractivity contribution >= 4 is 17.4 Å². The quantitative estimate of drug-likeness (QED) is 0.765. The Kier molecular flexibility index (Phi) is 4.35. The van der Waals surface area contributed by atoms with Crippen molar-refractivity contribution in [2.75, 3.05) is 12.3 Å². The first-order valence-corrected chi connectivity index (χ1v) is 7.82. The van der Waals surface area contributed by atoms with Crippen molar-refractivity contribution in [3.63, 3.8) is 0 Å². The average molecular weight is 337 g/mol. The molecule has 25 heavy (non-hydrogen) atoms. The van der Waals surface area contributed by atoms with Crippen molar-refractivity contribution in [3.8, 4) is 17.2 Å². The monoisotopic (exact) mass is 337 g/mol. The molecule has 7 heteroatoms. The molecule has 0 unspecified atom stereocenters. The van der Waals surface area contributed by atoms with Crippen LogP contribution in [0.3, 0.4) is 0 Å². The number of carbonyl (C=O) groups is 1. The third-order valence-electron chi connectivity index (χ3n) is 3.85. The molecule has 3 N–H and O–H groups in total. The largest absolute Gasteiger partial charge is 0.383 e. The molecule has 0 saturated carbocycles. The number of nitrogens with two attached hydrogens (primary N) is 1. The number of nitrogens with zero attached hydrogens (tertiary/aromatic N) is 3. The van der Waals surface area contributed by atoms with E-state index in [0.29, 0.717) is 17.8 Å². The molecule has 0 spiro atoms. The van der Waals surface area contributed by atoms with E-state index in [0.717, 1.165) is 6.42 Å². The van der Waals surface area contributed by atoms with Gasteiger partial charge in [0, 0.05) is 23.9 Å². The van der Waals surface area contributed by atoms with Gasteiger partial charge in [-0.2, -0.15) is 5.26 Å². The summed E-state index contributed by atoms with van der Waals surface area (Å²) in [5.41, 5.74) is 7.13. The summed E-state index contributed by atoms with van der Waals surface area (Å²) in [5.74, 6) is -0.820. The van der Waals surface area contributed by atoms with Gasteiger partial charge in [0.05, 0.1) is 5.56 Å². The van der Waals surface area contributed by atoms with Gasteiger partial charge in [-0.1, -0.05) is 19.1 Å². The maximum Gasteiger partial charge on any atom is 0.273 e. The SMILES string of the molecule is CCCNC(=O)c1nc2c(-c3cccc(C#N)c3F)cccn2c1N. The average Bonchev–Trinajstić information content (AvgIpc) is 2.97. The molecule has 0 saturated heterocycles. The number of rotatable bonds is 4. The third kappa shape index (κ3) is 2.78. The van der Waals surface area contributed by atoms with Crippen molar-refractivity contribution < 1.29 is 9.18 Å². The Morgan fingerprint density at radius 2 is 2.12 bits per heavy atom. The van der Waals surface area contributed by atoms with Crippen LogP contribution in [0.5, 0.6) is 0 Å². The number of nitrogens with one attached hydrogen (secondary N) is 1. The maximum atomic E-state index is 14.5. The van der Waals surface area contributed by atoms with Crippen LogP contribution in [0.15, 0.2) is 36.5 Å². The number of hydrogen-bond donors (Lipinski definition) is 2. The van der Waals surface area contributed by atoms with E-state index >= 15 is 0 Å². The van der Waals surface area contributed by atoms with Crippen LogP contribution < -0.4 is 11.1 Å². The van der Waals surface area contributed by atoms with Crippen LogP contribution in [0.1, 0.15) is 29.4 Å². The van der Waals surface area contributed by atoms with Gasteiger partial charge in [0.15, 0.2) is 5.69 Å². The fourth-order valence-electron chi connectivity index (χ4n) is 2.61. The number of amides is 1. The van der Waals surface area contributed by atoms with E-state index in [-0.39, 0.29) is 28.5 Å². The Bertz CT molecular complexity index is 1000. The summed E-state index contributed by atoms with van der Waals surface area (Å²) >= 11 is 0. The molecule has 0 atom stereocenters. The van der Waals surface area contributed by atoms with Gasteiger partial charge in [-0.3, -0.25) is 9.20 Å². The zero-order chi connectivity index (χ0) is 18.0. The minimum atomic E-state index is -0.628. The highest BCUT2D eigenvalue weighted by Gasteiger charge is 2.20. The highest BCUT2D eigenvalue weighted by molar-refractivity contribution is 5.98. The van der Waals surface area contributed by atoms with E-state index in [2.05, 4.69) is 10.3 Å². The molecule has 0 aliphatic heterocycles. The predicted molar refractivity (Wildman–Crippen MR) is 92.3 cm³/mol. The van der Waals surface area contributed by atoms with Gasteiger partial charge in [0.2, 0.25) is 0 Å². The van der Waals surface area contributed by atoms with E-state index in [9.17, 15) is 9.18 Å². The standard InChI is InChI=1S/C18H16FN5O/c1-2-8-22-18(25)15-16(21)24-9-4-7-13(17(24)23-15)12-6-3-5-11(10-20)14(12)19/h3-7,9H,2,8,21H2,1H3,(H,22,25). The Balaban J connectivity index is 2.19. The molecule has 126 valence electrons. The minimum Gasteiger partial charge on any atom is -0.383 e. The lowest BCUT2D eigenvalue weighted by Crippen LogP contribution is -2.25. The first-order valence-electron chi connectivity index (χ1n) is 7.82. The molecule has 0 aliphatic rings. The van der Waals surface area contributed by atoms with Crippen LogP contribution in [0.2, 0.25) is 0 Å². The molecule has 2 heterocycles. The highest BCUT2D eigenvalue weighted by Crippen LogP contribution is 2.30. The summed E-state index contributed by atoms with van der Waals surface area (Å²) in [7, 11) is 0. The molecule has 0 bridgehead atoms. The van der Waals surface area contributed by atoms with Crippen molar-refractivity contribution in [1.82, 2.24) is 14.7 Å². The summed E-state index contributed by atoms with van der Waals surface area (Å²) in [4.78, 5) is 16.5. The molecular formula is C18H16FN5O. The van der Waals surface area contributed by atoms with Crippen LogP contribution in [0.25, 0.3) is 16.8 Å². The molecule has 2 aromatic heterocycles. The normalized spacial score (nSPS) is 10.6. The van der Waals surface area contributed by atoms with Crippen LogP contribution in [-0.2, 0) is 0 Å². The van der Waals surface area contributed by atoms with Gasteiger partial charge in [0.25, 0.3) is 5.91 Å². The summed E-state index contributed by atoms with van der Waals surface area (Å²) < 4.78 is 16.1. The lowest BCUT2D eigenvalue weighted by molar-refractivity contribution is 0.0950. The number of anilines is 1. The van der Waals surface area contributed by atoms with Crippen LogP contribution >= 0.6 is 0 Å². The van der Waals surface area contributed by atoms with Crippen LogP contribution in [-0.4, -0.2) is 21.8 Å². The molecule has 6 nitrogen and oxygen atoms in total. The fraction of sp³-hybridized carbons (Fsp3) is 0.167. The fourth-order valence-corrected chi connectivity index (χ4v) is 2.61. The number of nitrogen functional groups attached to an aromatic ring is 1. The molecule has 3 rings (SSSR count). The van der Waals surface area contributed by atoms with Gasteiger partial charge in [-0.15, -0.1) is 0 Å². The molecule has 3 aromatic rings. The maximum absolute atomic E-state index is 14.5. The van der Waals surface area contributed by atoms with Gasteiger partial charge < -0.3 is 11.1 Å². The second kappa shape index (κ2) is 6.61. The second-order valence-corrected chi connectivity index (χ2v) is 5.50. The number of aromatic nitrogens is 2. The number of fused-ring (bicyclic) bond motifs is 1. The Morgan fingerprint density at radius 1 is 1.36 bits per heavy atom. The van der Waals surface area contributed by atoms with E-state index in [1.165, 1.54) is 10.5 Å². The Hall–Kier alpha value is -3.40. The molecule has 0 fully saturated rings. The molecular weight excluding hydrogens is 321 g/mol. The molecule has 1 amide bonds. The third-order valence-corrected chi connectivity index (χ3v) is 3.85. The first-order chi connectivity index (χ1) is 12.1. The topological polar surface area (TPSA) is 96.2 Å². The van der Waals surface area contributed by atoms with E-state index < -0.39 is 5.82 Å². The second-order valence-electron chi connectivity index (χ2n) is 5.50. The number of carbonyl (C=O) groups excluding carboxylic acids is 1. The first kappa shape index (κ1) is 16.5. The van der Waals surface area contributed by atoms with Crippen LogP contribution in [0, 0.1) is 17.1 Å². The number of benzene rings is 1. The smallest absolute Gasteiger partial charge is 0.273 e. The van der Waals surface area contributed by atoms with Crippen molar-refractivity contribution in [3.05, 3.63) is 53.6 Å². The molecule has 1 aromatic carbocycles. The van der Waals surface area contributed by atoms with E-state index in [1.807, 2.05) is 13.0 Å². The van der Waals surface area contributed by atoms with Gasteiger partial charge in [-0.05, 0) is 24.6 Å². The molecule has 0 radical (unpaired) electrons. The van der Waals surface area contributed by atoms with Crippen molar-refractivity contribution in [1.29, 1.82) is 5.26 Å². The van der Waals surface area contributed by atoms with Crippen molar-refractivity contribution in [2.45, 2.75) is 13.3 Å². The number of halogens is 1. The number of nitriles is 1. The van der Waals surface area contributed by atoms with Crippen molar-refractivity contribution in [2.24, 2.45) is 0 Å². The summed E-state index contributed by atoms with van der Waals surface area (Å²) in [6, 6.07) is 9.75. The number of imidazole rings is 1. The number of hydrogen-bond acceptors (Lipinski definition) is 4. The van der Waals surface area contributed by atoms with Gasteiger partial charge in [-0.25, -0.2) is 9.37 Å². The minimum absolute atomic E-state index is 0.0556. The van der Waals surface area contributed by atoms with Gasteiger partial charge in [0.1, 0.15) is 23.4 Å². The predicted octanol–water partition coefficient (Wildman–Crippen LogP) is 2.73. The van der Waals surface area contributed by atoms with Crippen LogP contribution in [0.4, 0.5) is 10.2 Å². The zero-order valence-electron chi connectivity index (χ0n) is 13.6. The Morgan fingerprint density at radius 3 is 2.84 bits per heavy atom. The van der Waals surface area contributed by atoms with E-state index in [1.54, 1.807) is 30.5 Å².